The van der Waals surface area contributed by atoms with Crippen LogP contribution in [0.25, 0.3) is 0 Å². The maximum absolute atomic E-state index is 12.0. The number of carbonyl (C=O) groups excluding carboxylic acids is 1. The van der Waals surface area contributed by atoms with Crippen molar-refractivity contribution in [3.8, 4) is 0 Å². The molecule has 2 rings (SSSR count). The van der Waals surface area contributed by atoms with E-state index in [-0.39, 0.29) is 5.91 Å². The third-order valence-electron chi connectivity index (χ3n) is 2.56. The van der Waals surface area contributed by atoms with Crippen molar-refractivity contribution in [3.05, 3.63) is 58.3 Å². The predicted octanol–water partition coefficient (Wildman–Crippen LogP) is 2.93. The highest BCUT2D eigenvalue weighted by atomic mass is 79.9. The quantitative estimate of drug-likeness (QED) is 0.832. The first kappa shape index (κ1) is 14.6. The van der Waals surface area contributed by atoms with E-state index >= 15 is 0 Å². The lowest BCUT2D eigenvalue weighted by atomic mass is 10.1. The summed E-state index contributed by atoms with van der Waals surface area (Å²) in [6, 6.07) is 9.11. The second-order valence-corrected chi connectivity index (χ2v) is 5.63. The molecule has 0 atom stereocenters. The van der Waals surface area contributed by atoms with Crippen molar-refractivity contribution in [2.75, 3.05) is 5.32 Å². The monoisotopic (exact) mass is 349 g/mol. The Morgan fingerprint density at radius 3 is 2.60 bits per heavy atom. The Kier molecular flexibility index (Phi) is 4.81. The minimum Gasteiger partial charge on any atom is -0.393 e. The highest BCUT2D eigenvalue weighted by Crippen LogP contribution is 2.14. The Morgan fingerprint density at radius 1 is 1.30 bits per heavy atom. The summed E-state index contributed by atoms with van der Waals surface area (Å²) in [5.41, 5.74) is 7.70. The zero-order valence-corrected chi connectivity index (χ0v) is 12.9. The molecular formula is C14H12BrN3OS. The normalized spacial score (nSPS) is 10.1. The molecule has 4 nitrogen and oxygen atoms in total. The van der Waals surface area contributed by atoms with Gasteiger partial charge < -0.3 is 11.1 Å². The third kappa shape index (κ3) is 4.11. The van der Waals surface area contributed by atoms with Gasteiger partial charge in [0.1, 0.15) is 0 Å². The van der Waals surface area contributed by atoms with E-state index in [2.05, 4.69) is 26.2 Å². The molecule has 3 N–H and O–H groups in total. The molecule has 1 heterocycles. The van der Waals surface area contributed by atoms with Crippen LogP contribution < -0.4 is 11.1 Å². The summed E-state index contributed by atoms with van der Waals surface area (Å²) < 4.78 is 0.761. The zero-order valence-electron chi connectivity index (χ0n) is 10.5. The van der Waals surface area contributed by atoms with Crippen molar-refractivity contribution in [2.24, 2.45) is 5.73 Å². The summed E-state index contributed by atoms with van der Waals surface area (Å²) in [5, 5.41) is 2.80. The Hall–Kier alpha value is -1.79. The van der Waals surface area contributed by atoms with Gasteiger partial charge in [-0.15, -0.1) is 0 Å². The maximum Gasteiger partial charge on any atom is 0.257 e. The molecule has 0 saturated carbocycles. The number of pyridine rings is 1. The molecule has 1 aromatic heterocycles. The highest BCUT2D eigenvalue weighted by Gasteiger charge is 2.07. The van der Waals surface area contributed by atoms with Crippen molar-refractivity contribution in [1.82, 2.24) is 4.98 Å². The van der Waals surface area contributed by atoms with Gasteiger partial charge in [-0.3, -0.25) is 9.78 Å². The van der Waals surface area contributed by atoms with Crippen LogP contribution in [0.2, 0.25) is 0 Å². The molecule has 102 valence electrons. The summed E-state index contributed by atoms with van der Waals surface area (Å²) in [6.45, 7) is 0. The van der Waals surface area contributed by atoms with Crippen LogP contribution in [-0.2, 0) is 6.42 Å². The first-order valence-electron chi connectivity index (χ1n) is 5.84. The molecule has 0 spiro atoms. The molecule has 0 aliphatic rings. The molecule has 6 heteroatoms. The number of nitrogens with one attached hydrogen (secondary N) is 1. The molecule has 2 aromatic rings. The van der Waals surface area contributed by atoms with Crippen LogP contribution in [0.3, 0.4) is 0 Å². The number of amides is 1. The second kappa shape index (κ2) is 6.58. The van der Waals surface area contributed by atoms with Gasteiger partial charge in [-0.25, -0.2) is 0 Å². The van der Waals surface area contributed by atoms with Crippen LogP contribution in [0, 0.1) is 0 Å². The molecular weight excluding hydrogens is 338 g/mol. The number of hydrogen-bond acceptors (Lipinski definition) is 3. The lowest BCUT2D eigenvalue weighted by Crippen LogP contribution is -2.13. The number of anilines is 1. The van der Waals surface area contributed by atoms with Crippen LogP contribution in [0.4, 0.5) is 5.69 Å². The van der Waals surface area contributed by atoms with Crippen molar-refractivity contribution < 1.29 is 4.79 Å². The molecule has 0 aliphatic carbocycles. The van der Waals surface area contributed by atoms with Crippen LogP contribution in [-0.4, -0.2) is 15.9 Å². The summed E-state index contributed by atoms with van der Waals surface area (Å²) in [4.78, 5) is 16.4. The Labute approximate surface area is 130 Å². The van der Waals surface area contributed by atoms with Gasteiger partial charge in [0.15, 0.2) is 0 Å². The van der Waals surface area contributed by atoms with Crippen LogP contribution >= 0.6 is 28.1 Å². The molecule has 0 aliphatic heterocycles. The number of halogens is 1. The van der Waals surface area contributed by atoms with E-state index in [9.17, 15) is 4.79 Å². The molecule has 0 unspecified atom stereocenters. The minimum absolute atomic E-state index is 0.208. The van der Waals surface area contributed by atoms with E-state index < -0.39 is 0 Å². The van der Waals surface area contributed by atoms with E-state index in [1.165, 1.54) is 6.20 Å². The van der Waals surface area contributed by atoms with Gasteiger partial charge >= 0.3 is 0 Å². The second-order valence-electron chi connectivity index (χ2n) is 4.19. The number of hydrogen-bond donors (Lipinski definition) is 2. The summed E-state index contributed by atoms with van der Waals surface area (Å²) in [7, 11) is 0. The van der Waals surface area contributed by atoms with Crippen LogP contribution in [0.1, 0.15) is 15.9 Å². The molecule has 0 bridgehead atoms. The number of aromatic nitrogens is 1. The van der Waals surface area contributed by atoms with E-state index in [4.69, 9.17) is 18.0 Å². The summed E-state index contributed by atoms with van der Waals surface area (Å²) >= 11 is 8.13. The molecule has 20 heavy (non-hydrogen) atoms. The van der Waals surface area contributed by atoms with E-state index in [0.29, 0.717) is 22.7 Å². The fourth-order valence-electron chi connectivity index (χ4n) is 1.65. The zero-order chi connectivity index (χ0) is 14.5. The van der Waals surface area contributed by atoms with Crippen molar-refractivity contribution in [1.29, 1.82) is 0 Å². The summed E-state index contributed by atoms with van der Waals surface area (Å²) in [5.74, 6) is -0.208. The van der Waals surface area contributed by atoms with Crippen LogP contribution in [0.15, 0.2) is 47.2 Å². The van der Waals surface area contributed by atoms with Gasteiger partial charge in [-0.2, -0.15) is 0 Å². The Bertz CT molecular complexity index is 643. The van der Waals surface area contributed by atoms with Gasteiger partial charge in [0.05, 0.1) is 10.6 Å². The number of nitrogens with zero attached hydrogens (tertiary/aromatic N) is 1. The summed E-state index contributed by atoms with van der Waals surface area (Å²) in [6.07, 6.45) is 3.70. The topological polar surface area (TPSA) is 68.0 Å². The smallest absolute Gasteiger partial charge is 0.257 e. The van der Waals surface area contributed by atoms with Crippen molar-refractivity contribution in [3.63, 3.8) is 0 Å². The Morgan fingerprint density at radius 2 is 2.00 bits per heavy atom. The number of benzene rings is 1. The number of nitrogens with two attached hydrogens (primary N) is 1. The van der Waals surface area contributed by atoms with Gasteiger partial charge in [-0.1, -0.05) is 24.4 Å². The highest BCUT2D eigenvalue weighted by molar-refractivity contribution is 9.10. The van der Waals surface area contributed by atoms with E-state index in [1.807, 2.05) is 24.3 Å². The molecule has 1 amide bonds. The lowest BCUT2D eigenvalue weighted by molar-refractivity contribution is 0.102. The molecule has 0 fully saturated rings. The number of thiocarbonyl (C=S) groups is 1. The third-order valence-corrected chi connectivity index (χ3v) is 3.14. The number of rotatable bonds is 4. The molecule has 0 radical (unpaired) electrons. The number of carbonyl (C=O) groups is 1. The maximum atomic E-state index is 12.0. The fraction of sp³-hybridized carbons (Fsp3) is 0.0714. The molecule has 0 saturated heterocycles. The first-order chi connectivity index (χ1) is 9.54. The average Bonchev–Trinajstić information content (AvgIpc) is 2.40. The predicted molar refractivity (Wildman–Crippen MR) is 86.8 cm³/mol. The van der Waals surface area contributed by atoms with Crippen molar-refractivity contribution >= 4 is 44.7 Å². The van der Waals surface area contributed by atoms with E-state index in [0.717, 1.165) is 10.0 Å². The molecule has 1 aromatic carbocycles. The van der Waals surface area contributed by atoms with Crippen molar-refractivity contribution in [2.45, 2.75) is 6.42 Å². The van der Waals surface area contributed by atoms with Crippen LogP contribution in [0.5, 0.6) is 0 Å². The van der Waals surface area contributed by atoms with E-state index in [1.54, 1.807) is 12.3 Å². The largest absolute Gasteiger partial charge is 0.393 e. The van der Waals surface area contributed by atoms with Gasteiger partial charge in [0.25, 0.3) is 5.91 Å². The SMILES string of the molecule is NC(=S)Cc1ccc(NC(=O)c2cncc(Br)c2)cc1. The van der Waals surface area contributed by atoms with Gasteiger partial charge in [0.2, 0.25) is 0 Å². The minimum atomic E-state index is -0.208. The average molecular weight is 350 g/mol. The standard InChI is InChI=1S/C14H12BrN3OS/c15-11-6-10(7-17-8-11)14(19)18-12-3-1-9(2-4-12)5-13(16)20/h1-4,6-8H,5H2,(H2,16,20)(H,18,19). The van der Waals surface area contributed by atoms with Gasteiger partial charge in [0, 0.05) is 29.0 Å². The first-order valence-corrected chi connectivity index (χ1v) is 7.04. The fourth-order valence-corrected chi connectivity index (χ4v) is 2.18. The van der Waals surface area contributed by atoms with Gasteiger partial charge in [-0.05, 0) is 39.7 Å². The Balaban J connectivity index is 2.06. The lowest BCUT2D eigenvalue weighted by Gasteiger charge is -2.06.